The molecule has 2 aromatic carbocycles. The molecule has 0 atom stereocenters. The Kier molecular flexibility index (Phi) is 4.23. The summed E-state index contributed by atoms with van der Waals surface area (Å²) in [6.45, 7) is 2.06. The molecule has 0 aliphatic rings. The van der Waals surface area contributed by atoms with Crippen LogP contribution in [0.15, 0.2) is 48.7 Å². The van der Waals surface area contributed by atoms with Gasteiger partial charge in [0.15, 0.2) is 5.52 Å². The smallest absolute Gasteiger partial charge is 0.258 e. The van der Waals surface area contributed by atoms with Crippen molar-refractivity contribution in [2.45, 2.75) is 6.92 Å². The lowest BCUT2D eigenvalue weighted by molar-refractivity contribution is -0.383. The lowest BCUT2D eigenvalue weighted by Crippen LogP contribution is -1.88. The van der Waals surface area contributed by atoms with Gasteiger partial charge in [-0.05, 0) is 18.6 Å². The molecule has 0 spiro atoms. The lowest BCUT2D eigenvalue weighted by atomic mass is 10.1. The summed E-state index contributed by atoms with van der Waals surface area (Å²) in [5.74, 6) is 0. The van der Waals surface area contributed by atoms with Crippen molar-refractivity contribution in [2.24, 2.45) is 0 Å². The van der Waals surface area contributed by atoms with Gasteiger partial charge in [0, 0.05) is 11.6 Å². The first kappa shape index (κ1) is 15.3. The molecule has 2 aromatic heterocycles. The average molecular weight is 323 g/mol. The number of rotatable bonds is 2. The second kappa shape index (κ2) is 6.65. The van der Waals surface area contributed by atoms with Crippen LogP contribution in [0.25, 0.3) is 22.3 Å². The topological polar surface area (TPSA) is 126 Å². The summed E-state index contributed by atoms with van der Waals surface area (Å²) in [4.78, 5) is 9.96. The minimum Gasteiger partial charge on any atom is -0.258 e. The van der Waals surface area contributed by atoms with Crippen LogP contribution < -0.4 is 0 Å². The maximum atomic E-state index is 10.4. The van der Waals surface area contributed by atoms with Crippen LogP contribution in [0.2, 0.25) is 0 Å². The number of aromatic nitrogens is 6. The Balaban J connectivity index is 0.000000141. The molecule has 0 aliphatic heterocycles. The Morgan fingerprint density at radius 2 is 1.83 bits per heavy atom. The van der Waals surface area contributed by atoms with E-state index < -0.39 is 4.92 Å². The van der Waals surface area contributed by atoms with E-state index in [0.29, 0.717) is 11.0 Å². The summed E-state index contributed by atoms with van der Waals surface area (Å²) in [5, 5.41) is 30.5. The van der Waals surface area contributed by atoms with Gasteiger partial charge in [0.25, 0.3) is 5.69 Å². The van der Waals surface area contributed by atoms with Crippen molar-refractivity contribution < 1.29 is 4.92 Å². The van der Waals surface area contributed by atoms with E-state index in [4.69, 9.17) is 0 Å². The quantitative estimate of drug-likeness (QED) is 0.431. The molecule has 0 aliphatic carbocycles. The van der Waals surface area contributed by atoms with E-state index >= 15 is 0 Å². The van der Waals surface area contributed by atoms with Crippen molar-refractivity contribution in [1.29, 1.82) is 0 Å². The van der Waals surface area contributed by atoms with Gasteiger partial charge in [-0.2, -0.15) is 25.7 Å². The van der Waals surface area contributed by atoms with Crippen LogP contribution in [0.3, 0.4) is 0 Å². The van der Waals surface area contributed by atoms with Gasteiger partial charge in [0.05, 0.1) is 11.1 Å². The van der Waals surface area contributed by atoms with E-state index in [1.165, 1.54) is 11.6 Å². The molecular formula is C15H13N7O2. The minimum absolute atomic E-state index is 0.0266. The van der Waals surface area contributed by atoms with Crippen molar-refractivity contribution >= 4 is 16.7 Å². The normalized spacial score (nSPS) is 10.2. The average Bonchev–Trinajstić information content (AvgIpc) is 3.27. The SMILES string of the molecule is Cc1ccccc1-c1cn[nH]n1.O=[N+]([O-])c1cccc2n[nH]nc12. The van der Waals surface area contributed by atoms with Gasteiger partial charge in [0.2, 0.25) is 0 Å². The zero-order valence-corrected chi connectivity index (χ0v) is 12.7. The standard InChI is InChI=1S/C9H9N3.C6H4N4O2/c1-7-4-2-3-5-8(7)9-6-10-12-11-9;11-10(12)5-3-1-2-4-6(5)8-9-7-4/h2-6H,1H3,(H,10,11,12);1-3H,(H,7,8,9). The molecule has 9 heteroatoms. The summed E-state index contributed by atoms with van der Waals surface area (Å²) in [7, 11) is 0. The molecule has 2 N–H and O–H groups in total. The highest BCUT2D eigenvalue weighted by atomic mass is 16.6. The highest BCUT2D eigenvalue weighted by Gasteiger charge is 2.13. The fraction of sp³-hybridized carbons (Fsp3) is 0.0667. The molecule has 4 aromatic rings. The summed E-state index contributed by atoms with van der Waals surface area (Å²) < 4.78 is 0. The summed E-state index contributed by atoms with van der Waals surface area (Å²) in [6.07, 6.45) is 1.72. The number of non-ortho nitro benzene ring substituents is 1. The van der Waals surface area contributed by atoms with Gasteiger partial charge in [-0.1, -0.05) is 30.3 Å². The van der Waals surface area contributed by atoms with E-state index in [9.17, 15) is 10.1 Å². The van der Waals surface area contributed by atoms with E-state index in [1.807, 2.05) is 18.2 Å². The maximum absolute atomic E-state index is 10.4. The number of nitro benzene ring substituents is 1. The zero-order valence-electron chi connectivity index (χ0n) is 12.7. The molecule has 24 heavy (non-hydrogen) atoms. The Bertz CT molecular complexity index is 963. The fourth-order valence-electron chi connectivity index (χ4n) is 2.19. The van der Waals surface area contributed by atoms with E-state index in [2.05, 4.69) is 43.8 Å². The molecule has 0 bridgehead atoms. The highest BCUT2D eigenvalue weighted by molar-refractivity contribution is 5.83. The monoisotopic (exact) mass is 323 g/mol. The number of fused-ring (bicyclic) bond motifs is 1. The highest BCUT2D eigenvalue weighted by Crippen LogP contribution is 2.20. The maximum Gasteiger partial charge on any atom is 0.299 e. The Labute approximate surface area is 135 Å². The van der Waals surface area contributed by atoms with E-state index in [0.717, 1.165) is 11.3 Å². The van der Waals surface area contributed by atoms with Crippen molar-refractivity contribution in [2.75, 3.05) is 0 Å². The third kappa shape index (κ3) is 3.09. The van der Waals surface area contributed by atoms with Gasteiger partial charge >= 0.3 is 0 Å². The molecule has 0 unspecified atom stereocenters. The van der Waals surface area contributed by atoms with Crippen LogP contribution >= 0.6 is 0 Å². The van der Waals surface area contributed by atoms with Crippen LogP contribution in [0, 0.1) is 17.0 Å². The van der Waals surface area contributed by atoms with Gasteiger partial charge < -0.3 is 0 Å². The first-order valence-corrected chi connectivity index (χ1v) is 7.02. The molecule has 0 saturated carbocycles. The van der Waals surface area contributed by atoms with Crippen LogP contribution in [0.4, 0.5) is 5.69 Å². The number of benzene rings is 2. The summed E-state index contributed by atoms with van der Waals surface area (Å²) in [5.41, 5.74) is 4.01. The number of hydrogen-bond donors (Lipinski definition) is 2. The molecule has 0 amide bonds. The van der Waals surface area contributed by atoms with Crippen molar-refractivity contribution in [1.82, 2.24) is 30.8 Å². The predicted octanol–water partition coefficient (Wildman–Crippen LogP) is 2.65. The Morgan fingerprint density at radius 3 is 2.54 bits per heavy atom. The van der Waals surface area contributed by atoms with Gasteiger partial charge in [-0.3, -0.25) is 10.1 Å². The summed E-state index contributed by atoms with van der Waals surface area (Å²) >= 11 is 0. The number of H-pyrrole nitrogens is 2. The second-order valence-electron chi connectivity index (χ2n) is 4.90. The first-order chi connectivity index (χ1) is 11.7. The number of nitrogens with zero attached hydrogens (tertiary/aromatic N) is 5. The number of aryl methyl sites for hydroxylation is 1. The predicted molar refractivity (Wildman–Crippen MR) is 87.1 cm³/mol. The number of nitrogens with one attached hydrogen (secondary N) is 2. The number of para-hydroxylation sites is 1. The van der Waals surface area contributed by atoms with Crippen LogP contribution in [-0.2, 0) is 0 Å². The van der Waals surface area contributed by atoms with E-state index in [1.54, 1.807) is 18.3 Å². The largest absolute Gasteiger partial charge is 0.299 e. The molecule has 4 rings (SSSR count). The molecule has 9 nitrogen and oxygen atoms in total. The van der Waals surface area contributed by atoms with Gasteiger partial charge in [0.1, 0.15) is 11.2 Å². The van der Waals surface area contributed by atoms with Crippen LogP contribution in [0.5, 0.6) is 0 Å². The second-order valence-corrected chi connectivity index (χ2v) is 4.90. The first-order valence-electron chi connectivity index (χ1n) is 7.02. The molecule has 0 radical (unpaired) electrons. The third-order valence-electron chi connectivity index (χ3n) is 3.36. The van der Waals surface area contributed by atoms with Crippen molar-refractivity contribution in [3.63, 3.8) is 0 Å². The summed E-state index contributed by atoms with van der Waals surface area (Å²) in [6, 6.07) is 12.7. The molecule has 120 valence electrons. The lowest BCUT2D eigenvalue weighted by Gasteiger charge is -1.98. The Hall–Kier alpha value is -3.62. The number of hydrogen-bond acceptors (Lipinski definition) is 6. The number of nitro groups is 1. The van der Waals surface area contributed by atoms with Crippen LogP contribution in [-0.4, -0.2) is 35.7 Å². The molecule has 2 heterocycles. The minimum atomic E-state index is -0.481. The molecule has 0 saturated heterocycles. The fourth-order valence-corrected chi connectivity index (χ4v) is 2.19. The number of aromatic amines is 2. The Morgan fingerprint density at radius 1 is 1.00 bits per heavy atom. The van der Waals surface area contributed by atoms with Crippen molar-refractivity contribution in [3.8, 4) is 11.3 Å². The van der Waals surface area contributed by atoms with E-state index in [-0.39, 0.29) is 5.69 Å². The van der Waals surface area contributed by atoms with Gasteiger partial charge in [-0.15, -0.1) is 5.10 Å². The van der Waals surface area contributed by atoms with Crippen LogP contribution in [0.1, 0.15) is 5.56 Å². The van der Waals surface area contributed by atoms with Crippen molar-refractivity contribution in [3.05, 3.63) is 64.3 Å². The molecule has 0 fully saturated rings. The third-order valence-corrected chi connectivity index (χ3v) is 3.36. The zero-order chi connectivity index (χ0) is 16.9. The van der Waals surface area contributed by atoms with Gasteiger partial charge in [-0.25, -0.2) is 0 Å². The molecular weight excluding hydrogens is 310 g/mol.